The van der Waals surface area contributed by atoms with Crippen LogP contribution < -0.4 is 0 Å². The lowest BCUT2D eigenvalue weighted by Gasteiger charge is -2.04. The molecule has 2 rings (SSSR count). The minimum atomic E-state index is 0.308. The van der Waals surface area contributed by atoms with E-state index in [1.807, 2.05) is 48.6 Å². The molecule has 0 aliphatic heterocycles. The average molecular weight is 249 g/mol. The highest BCUT2D eigenvalue weighted by molar-refractivity contribution is 9.10. The predicted molar refractivity (Wildman–Crippen MR) is 62.0 cm³/mol. The van der Waals surface area contributed by atoms with Gasteiger partial charge in [-0.2, -0.15) is 0 Å². The second-order valence-corrected chi connectivity index (χ2v) is 3.86. The van der Waals surface area contributed by atoms with E-state index in [2.05, 4.69) is 15.9 Å². The van der Waals surface area contributed by atoms with E-state index in [1.165, 1.54) is 0 Å². The second-order valence-electron chi connectivity index (χ2n) is 3.00. The molecule has 2 heteroatoms. The van der Waals surface area contributed by atoms with Crippen molar-refractivity contribution in [2.45, 2.75) is 0 Å². The van der Waals surface area contributed by atoms with E-state index in [0.717, 1.165) is 15.6 Å². The molecule has 1 aliphatic carbocycles. The van der Waals surface area contributed by atoms with Crippen molar-refractivity contribution in [2.24, 2.45) is 0 Å². The molecule has 1 aliphatic rings. The molecule has 0 unspecified atom stereocenters. The fourth-order valence-electron chi connectivity index (χ4n) is 1.34. The monoisotopic (exact) mass is 248 g/mol. The van der Waals surface area contributed by atoms with Crippen LogP contribution in [0.4, 0.5) is 0 Å². The van der Waals surface area contributed by atoms with E-state index in [4.69, 9.17) is 0 Å². The summed E-state index contributed by atoms with van der Waals surface area (Å²) in [4.78, 5) is 0. The Hall–Kier alpha value is -1.28. The van der Waals surface area contributed by atoms with Gasteiger partial charge in [-0.1, -0.05) is 58.4 Å². The van der Waals surface area contributed by atoms with Crippen LogP contribution in [0.1, 0.15) is 5.56 Å². The Balaban J connectivity index is 2.51. The summed E-state index contributed by atoms with van der Waals surface area (Å²) in [6, 6.07) is 7.62. The number of benzene rings is 1. The van der Waals surface area contributed by atoms with Crippen LogP contribution in [-0.2, 0) is 0 Å². The Morgan fingerprint density at radius 1 is 1.07 bits per heavy atom. The molecule has 0 saturated carbocycles. The summed E-state index contributed by atoms with van der Waals surface area (Å²) in [5, 5.41) is 9.95. The van der Waals surface area contributed by atoms with Gasteiger partial charge in [0.05, 0.1) is 0 Å². The van der Waals surface area contributed by atoms with Crippen molar-refractivity contribution in [1.82, 2.24) is 0 Å². The number of aliphatic hydroxyl groups excluding tert-OH is 1. The molecule has 14 heavy (non-hydrogen) atoms. The van der Waals surface area contributed by atoms with E-state index >= 15 is 0 Å². The van der Waals surface area contributed by atoms with Crippen LogP contribution in [0.15, 0.2) is 58.6 Å². The summed E-state index contributed by atoms with van der Waals surface area (Å²) in [5.41, 5.74) is 1.66. The molecule has 0 bridgehead atoms. The predicted octanol–water partition coefficient (Wildman–Crippen LogP) is 3.84. The highest BCUT2D eigenvalue weighted by Crippen LogP contribution is 2.26. The van der Waals surface area contributed by atoms with Gasteiger partial charge in [-0.3, -0.25) is 0 Å². The first-order chi connectivity index (χ1) is 6.79. The molecule has 0 saturated heterocycles. The Morgan fingerprint density at radius 3 is 2.36 bits per heavy atom. The van der Waals surface area contributed by atoms with Gasteiger partial charge in [-0.05, 0) is 6.07 Å². The molecule has 1 nitrogen and oxygen atoms in total. The third-order valence-corrected chi connectivity index (χ3v) is 2.76. The Kier molecular flexibility index (Phi) is 2.55. The van der Waals surface area contributed by atoms with Gasteiger partial charge in [-0.25, -0.2) is 0 Å². The zero-order valence-electron chi connectivity index (χ0n) is 7.44. The number of rotatable bonds is 1. The lowest BCUT2D eigenvalue weighted by Crippen LogP contribution is -1.87. The SMILES string of the molecule is OC(=C1C=CC=C1)c1ccccc1Br. The summed E-state index contributed by atoms with van der Waals surface area (Å²) < 4.78 is 0.902. The third-order valence-electron chi connectivity index (χ3n) is 2.07. The molecular weight excluding hydrogens is 240 g/mol. The fraction of sp³-hybridized carbons (Fsp3) is 0. The van der Waals surface area contributed by atoms with Gasteiger partial charge in [0, 0.05) is 15.6 Å². The largest absolute Gasteiger partial charge is 0.507 e. The number of aliphatic hydroxyl groups is 1. The molecule has 0 heterocycles. The van der Waals surface area contributed by atoms with Crippen LogP contribution in [0.25, 0.3) is 5.76 Å². The fourth-order valence-corrected chi connectivity index (χ4v) is 1.81. The molecular formula is C12H9BrO. The zero-order chi connectivity index (χ0) is 9.97. The van der Waals surface area contributed by atoms with Gasteiger partial charge in [0.15, 0.2) is 0 Å². The summed E-state index contributed by atoms with van der Waals surface area (Å²) in [6.45, 7) is 0. The van der Waals surface area contributed by atoms with E-state index in [9.17, 15) is 5.11 Å². The smallest absolute Gasteiger partial charge is 0.131 e. The molecule has 1 aromatic carbocycles. The highest BCUT2D eigenvalue weighted by atomic mass is 79.9. The van der Waals surface area contributed by atoms with Crippen molar-refractivity contribution in [3.05, 3.63) is 64.2 Å². The van der Waals surface area contributed by atoms with Crippen molar-refractivity contribution in [1.29, 1.82) is 0 Å². The van der Waals surface area contributed by atoms with Crippen LogP contribution in [-0.4, -0.2) is 5.11 Å². The normalized spacial score (nSPS) is 13.6. The van der Waals surface area contributed by atoms with Crippen LogP contribution in [0.2, 0.25) is 0 Å². The minimum Gasteiger partial charge on any atom is -0.507 e. The summed E-state index contributed by atoms with van der Waals surface area (Å²) in [7, 11) is 0. The Bertz CT molecular complexity index is 427. The first-order valence-corrected chi connectivity index (χ1v) is 5.11. The number of hydrogen-bond donors (Lipinski definition) is 1. The van der Waals surface area contributed by atoms with Gasteiger partial charge < -0.3 is 5.11 Å². The van der Waals surface area contributed by atoms with Crippen molar-refractivity contribution in [3.8, 4) is 0 Å². The number of allylic oxidation sites excluding steroid dienone is 5. The first-order valence-electron chi connectivity index (χ1n) is 4.32. The second kappa shape index (κ2) is 3.84. The number of halogens is 1. The standard InChI is InChI=1S/C12H9BrO/c13-11-8-4-3-7-10(11)12(14)9-5-1-2-6-9/h1-8,14H. The lowest BCUT2D eigenvalue weighted by atomic mass is 10.1. The van der Waals surface area contributed by atoms with Crippen molar-refractivity contribution in [2.75, 3.05) is 0 Å². The van der Waals surface area contributed by atoms with E-state index < -0.39 is 0 Å². The minimum absolute atomic E-state index is 0.308. The number of hydrogen-bond acceptors (Lipinski definition) is 1. The summed E-state index contributed by atoms with van der Waals surface area (Å²) >= 11 is 3.40. The molecule has 0 aromatic heterocycles. The topological polar surface area (TPSA) is 20.2 Å². The van der Waals surface area contributed by atoms with Crippen LogP contribution >= 0.6 is 15.9 Å². The van der Waals surface area contributed by atoms with Crippen molar-refractivity contribution < 1.29 is 5.11 Å². The van der Waals surface area contributed by atoms with Gasteiger partial charge in [-0.15, -0.1) is 0 Å². The van der Waals surface area contributed by atoms with E-state index in [1.54, 1.807) is 0 Å². The molecule has 0 radical (unpaired) electrons. The molecule has 1 aromatic rings. The maximum absolute atomic E-state index is 9.95. The maximum atomic E-state index is 9.95. The van der Waals surface area contributed by atoms with E-state index in [0.29, 0.717) is 5.76 Å². The highest BCUT2D eigenvalue weighted by Gasteiger charge is 2.07. The molecule has 1 N–H and O–H groups in total. The Labute approximate surface area is 91.2 Å². The van der Waals surface area contributed by atoms with E-state index in [-0.39, 0.29) is 0 Å². The van der Waals surface area contributed by atoms with Crippen LogP contribution in [0, 0.1) is 0 Å². The van der Waals surface area contributed by atoms with Gasteiger partial charge in [0.1, 0.15) is 5.76 Å². The molecule has 0 fully saturated rings. The Morgan fingerprint density at radius 2 is 1.71 bits per heavy atom. The summed E-state index contributed by atoms with van der Waals surface area (Å²) in [6.07, 6.45) is 7.58. The lowest BCUT2D eigenvalue weighted by molar-refractivity contribution is 0.509. The van der Waals surface area contributed by atoms with Gasteiger partial charge in [0.2, 0.25) is 0 Å². The van der Waals surface area contributed by atoms with Crippen LogP contribution in [0.5, 0.6) is 0 Å². The van der Waals surface area contributed by atoms with Gasteiger partial charge in [0.25, 0.3) is 0 Å². The third kappa shape index (κ3) is 1.66. The molecule has 0 spiro atoms. The molecule has 0 atom stereocenters. The zero-order valence-corrected chi connectivity index (χ0v) is 9.03. The average Bonchev–Trinajstić information content (AvgIpc) is 2.70. The van der Waals surface area contributed by atoms with Crippen molar-refractivity contribution in [3.63, 3.8) is 0 Å². The summed E-state index contributed by atoms with van der Waals surface area (Å²) in [5.74, 6) is 0.308. The maximum Gasteiger partial charge on any atom is 0.131 e. The first kappa shape index (κ1) is 9.28. The molecule has 0 amide bonds. The van der Waals surface area contributed by atoms with Crippen LogP contribution in [0.3, 0.4) is 0 Å². The molecule has 70 valence electrons. The quantitative estimate of drug-likeness (QED) is 0.749. The van der Waals surface area contributed by atoms with Gasteiger partial charge >= 0.3 is 0 Å². The van der Waals surface area contributed by atoms with Crippen molar-refractivity contribution >= 4 is 21.7 Å².